The van der Waals surface area contributed by atoms with Crippen LogP contribution in [0.15, 0.2) is 192 Å². The molecule has 6 N–H and O–H groups in total. The highest BCUT2D eigenvalue weighted by Gasteiger charge is 2.27. The second kappa shape index (κ2) is 26.6. The molecule has 0 atom stereocenters. The number of phenolic OH excluding ortho intramolecular Hbond substituents is 4. The van der Waals surface area contributed by atoms with Crippen LogP contribution in [0.25, 0.3) is 0 Å². The second-order valence-electron chi connectivity index (χ2n) is 17.3. The minimum Gasteiger partial charge on any atom is -0.508 e. The van der Waals surface area contributed by atoms with Gasteiger partial charge in [0.2, 0.25) is 0 Å². The average Bonchev–Trinajstić information content (AvgIpc) is 3.87. The van der Waals surface area contributed by atoms with Crippen molar-refractivity contribution in [2.45, 2.75) is 13.8 Å². The first-order valence-electron chi connectivity index (χ1n) is 23.9. The molecule has 14 heteroatoms. The quantitative estimate of drug-likeness (QED) is 0.0813. The highest BCUT2D eigenvalue weighted by molar-refractivity contribution is 7.17. The molecule has 72 heavy (non-hydrogen) atoms. The topological polar surface area (TPSA) is 143 Å². The van der Waals surface area contributed by atoms with Crippen LogP contribution in [-0.4, -0.2) is 118 Å². The van der Waals surface area contributed by atoms with Crippen LogP contribution in [0.3, 0.4) is 0 Å². The Morgan fingerprint density at radius 3 is 0.958 bits per heavy atom. The van der Waals surface area contributed by atoms with Crippen LogP contribution in [0.4, 0.5) is 32.8 Å². The van der Waals surface area contributed by atoms with E-state index in [-0.39, 0.29) is 23.0 Å². The number of fused-ring (bicyclic) bond motifs is 4. The lowest BCUT2D eigenvalue weighted by Gasteiger charge is -2.34. The number of rotatable bonds is 0. The lowest BCUT2D eigenvalue weighted by Crippen LogP contribution is -2.47. The van der Waals surface area contributed by atoms with E-state index in [0.29, 0.717) is 0 Å². The van der Waals surface area contributed by atoms with E-state index in [1.165, 1.54) is 79.4 Å². The van der Waals surface area contributed by atoms with Crippen LogP contribution >= 0.6 is 22.7 Å². The number of hydrogen-bond acceptors (Lipinski definition) is 14. The van der Waals surface area contributed by atoms with Crippen molar-refractivity contribution in [2.75, 3.05) is 77.1 Å². The van der Waals surface area contributed by atoms with Gasteiger partial charge in [-0.05, 0) is 113 Å². The number of amidine groups is 2. The third kappa shape index (κ3) is 15.7. The van der Waals surface area contributed by atoms with Gasteiger partial charge in [-0.15, -0.1) is 22.7 Å². The molecule has 2 saturated heterocycles. The largest absolute Gasteiger partial charge is 0.508 e. The Bertz CT molecular complexity index is 2630. The van der Waals surface area contributed by atoms with Gasteiger partial charge >= 0.3 is 0 Å². The SMILES string of the molecule is Cc1cc2c(s1)Nc1ccccc1N=C2N1CCN(C)CC1.Cc1cc2c(s1)Nc1ccccc1N=C2N1CCN(C)CC1.Oc1ccc(O)cc1.Oc1ccc(O)cc1.c1ccccc1.c1ccccc1. The molecule has 4 aliphatic rings. The molecule has 2 fully saturated rings. The first-order valence-corrected chi connectivity index (χ1v) is 25.6. The summed E-state index contributed by atoms with van der Waals surface area (Å²) in [6.45, 7) is 12.8. The fourth-order valence-corrected chi connectivity index (χ4v) is 9.53. The van der Waals surface area contributed by atoms with E-state index in [2.05, 4.69) is 119 Å². The summed E-state index contributed by atoms with van der Waals surface area (Å²) in [5.41, 5.74) is 6.71. The van der Waals surface area contributed by atoms with E-state index >= 15 is 0 Å². The van der Waals surface area contributed by atoms with Crippen LogP contribution in [0.1, 0.15) is 20.9 Å². The zero-order chi connectivity index (χ0) is 50.7. The van der Waals surface area contributed by atoms with Crippen LogP contribution < -0.4 is 10.6 Å². The van der Waals surface area contributed by atoms with E-state index in [4.69, 9.17) is 30.4 Å². The van der Waals surface area contributed by atoms with Gasteiger partial charge in [0.15, 0.2) is 0 Å². The lowest BCUT2D eigenvalue weighted by molar-refractivity contribution is 0.216. The van der Waals surface area contributed by atoms with E-state index < -0.39 is 0 Å². The maximum Gasteiger partial charge on any atom is 0.139 e. The van der Waals surface area contributed by atoms with Gasteiger partial charge in [-0.3, -0.25) is 0 Å². The van der Waals surface area contributed by atoms with Crippen molar-refractivity contribution in [1.82, 2.24) is 19.6 Å². The molecule has 0 radical (unpaired) electrons. The molecule has 0 unspecified atom stereocenters. The van der Waals surface area contributed by atoms with Crippen molar-refractivity contribution in [3.63, 3.8) is 0 Å². The van der Waals surface area contributed by atoms with Gasteiger partial charge in [-0.1, -0.05) is 97.1 Å². The smallest absolute Gasteiger partial charge is 0.139 e. The van der Waals surface area contributed by atoms with Crippen molar-refractivity contribution in [1.29, 1.82) is 0 Å². The summed E-state index contributed by atoms with van der Waals surface area (Å²) in [7, 11) is 4.37. The molecule has 6 heterocycles. The number of nitrogens with zero attached hydrogens (tertiary/aromatic N) is 6. The van der Waals surface area contributed by atoms with E-state index in [9.17, 15) is 0 Å². The van der Waals surface area contributed by atoms with Gasteiger partial charge in [0.1, 0.15) is 44.7 Å². The van der Waals surface area contributed by atoms with Gasteiger partial charge in [0, 0.05) is 62.1 Å². The van der Waals surface area contributed by atoms with Gasteiger partial charge < -0.3 is 50.7 Å². The highest BCUT2D eigenvalue weighted by Crippen LogP contribution is 2.40. The molecule has 0 spiro atoms. The molecule has 8 aromatic rings. The summed E-state index contributed by atoms with van der Waals surface area (Å²) in [5, 5.41) is 44.1. The Labute approximate surface area is 431 Å². The molecule has 0 saturated carbocycles. The number of likely N-dealkylation sites (N-methyl/N-ethyl adjacent to an activating group) is 2. The molecular formula is C58H64N8O4S2. The van der Waals surface area contributed by atoms with Gasteiger partial charge in [0.25, 0.3) is 0 Å². The summed E-state index contributed by atoms with van der Waals surface area (Å²) in [6, 6.07) is 56.5. The Morgan fingerprint density at radius 1 is 0.389 bits per heavy atom. The predicted octanol–water partition coefficient (Wildman–Crippen LogP) is 12.4. The number of para-hydroxylation sites is 4. The maximum absolute atomic E-state index is 8.65. The van der Waals surface area contributed by atoms with Crippen LogP contribution in [0, 0.1) is 13.8 Å². The molecule has 0 bridgehead atoms. The molecule has 12 nitrogen and oxygen atoms in total. The lowest BCUT2D eigenvalue weighted by atomic mass is 10.2. The minimum absolute atomic E-state index is 0.169. The summed E-state index contributed by atoms with van der Waals surface area (Å²) in [4.78, 5) is 22.3. The molecule has 4 aliphatic heterocycles. The number of aryl methyl sites for hydroxylation is 2. The van der Waals surface area contributed by atoms with Gasteiger partial charge in [0.05, 0.1) is 33.9 Å². The molecule has 6 aromatic carbocycles. The molecule has 2 aromatic heterocycles. The van der Waals surface area contributed by atoms with Crippen molar-refractivity contribution in [2.24, 2.45) is 9.98 Å². The number of phenols is 4. The van der Waals surface area contributed by atoms with Crippen molar-refractivity contribution < 1.29 is 20.4 Å². The highest BCUT2D eigenvalue weighted by atomic mass is 32.1. The second-order valence-corrected chi connectivity index (χ2v) is 19.8. The van der Waals surface area contributed by atoms with Crippen LogP contribution in [-0.2, 0) is 0 Å². The zero-order valence-electron chi connectivity index (χ0n) is 41.3. The van der Waals surface area contributed by atoms with E-state index in [1.54, 1.807) is 22.7 Å². The van der Waals surface area contributed by atoms with Crippen molar-refractivity contribution in [3.8, 4) is 23.0 Å². The van der Waals surface area contributed by atoms with E-state index in [0.717, 1.165) is 86.8 Å². The minimum atomic E-state index is 0.169. The Balaban J connectivity index is 0.000000140. The predicted molar refractivity (Wildman–Crippen MR) is 301 cm³/mol. The zero-order valence-corrected chi connectivity index (χ0v) is 42.9. The summed E-state index contributed by atoms with van der Waals surface area (Å²) >= 11 is 3.61. The number of aromatic hydroxyl groups is 4. The summed E-state index contributed by atoms with van der Waals surface area (Å²) in [6.07, 6.45) is 0. The monoisotopic (exact) mass is 1000 g/mol. The Kier molecular flexibility index (Phi) is 19.3. The normalized spacial score (nSPS) is 14.4. The first kappa shape index (κ1) is 52.2. The summed E-state index contributed by atoms with van der Waals surface area (Å²) < 4.78 is 0. The number of piperazine rings is 2. The molecular weight excluding hydrogens is 937 g/mol. The fourth-order valence-electron chi connectivity index (χ4n) is 7.69. The molecule has 372 valence electrons. The maximum atomic E-state index is 8.65. The fraction of sp³-hybridized carbons (Fsp3) is 0.207. The molecule has 12 rings (SSSR count). The third-order valence-corrected chi connectivity index (χ3v) is 13.5. The van der Waals surface area contributed by atoms with Gasteiger partial charge in [-0.25, -0.2) is 9.98 Å². The third-order valence-electron chi connectivity index (χ3n) is 11.6. The Morgan fingerprint density at radius 2 is 0.667 bits per heavy atom. The van der Waals surface area contributed by atoms with Crippen molar-refractivity contribution >= 4 is 67.1 Å². The Hall–Kier alpha value is -7.62. The van der Waals surface area contributed by atoms with E-state index in [1.807, 2.05) is 72.8 Å². The van der Waals surface area contributed by atoms with Gasteiger partial charge in [-0.2, -0.15) is 0 Å². The molecule has 0 aliphatic carbocycles. The number of hydrogen-bond donors (Lipinski definition) is 6. The number of benzene rings is 6. The standard InChI is InChI=1S/2C17H20N4S.2C6H6O2.2C6H6/c2*1-12-11-13-16(21-9-7-20(2)8-10-21)18-14-5-3-4-6-15(14)19-17(13)22-12;2*7-5-1-2-6(8)4-3-5;2*1-2-4-6-5-3-1/h2*3-6,11,19H,7-10H2,1-2H3;2*1-4,7-8H;2*1-6H. The number of anilines is 4. The number of aliphatic imine (C=N–C) groups is 2. The first-order chi connectivity index (χ1) is 35.0. The van der Waals surface area contributed by atoms with Crippen LogP contribution in [0.5, 0.6) is 23.0 Å². The average molecular weight is 1000 g/mol. The molecule has 0 amide bonds. The van der Waals surface area contributed by atoms with Crippen LogP contribution in [0.2, 0.25) is 0 Å². The number of nitrogens with one attached hydrogen (secondary N) is 2. The van der Waals surface area contributed by atoms with Crippen molar-refractivity contribution in [3.05, 3.63) is 203 Å². The summed E-state index contributed by atoms with van der Waals surface area (Å²) in [5.74, 6) is 2.91. The number of thiophene rings is 2.